The topological polar surface area (TPSA) is 165 Å². The van der Waals surface area contributed by atoms with Gasteiger partial charge in [0.15, 0.2) is 23.0 Å². The number of benzene rings is 2. The molecule has 0 saturated carbocycles. The molecule has 3 aliphatic rings. The first-order valence-corrected chi connectivity index (χ1v) is 14.7. The predicted molar refractivity (Wildman–Crippen MR) is 157 cm³/mol. The summed E-state index contributed by atoms with van der Waals surface area (Å²) in [4.78, 5) is 10.7. The highest BCUT2D eigenvalue weighted by molar-refractivity contribution is 5.51. The number of hydrogen-bond acceptors (Lipinski definition) is 12. The zero-order valence-corrected chi connectivity index (χ0v) is 25.8. The molecule has 1 aliphatic carbocycles. The molecule has 0 bridgehead atoms. The Morgan fingerprint density at radius 1 is 1.09 bits per heavy atom. The van der Waals surface area contributed by atoms with Crippen LogP contribution in [0.4, 0.5) is 8.78 Å². The summed E-state index contributed by atoms with van der Waals surface area (Å²) in [7, 11) is 2.99. The molecule has 5 unspecified atom stereocenters. The van der Waals surface area contributed by atoms with Crippen molar-refractivity contribution in [1.29, 1.82) is 0 Å². The summed E-state index contributed by atoms with van der Waals surface area (Å²) in [6.45, 7) is 3.02. The van der Waals surface area contributed by atoms with Gasteiger partial charge in [-0.2, -0.15) is 0 Å². The Balaban J connectivity index is 0.000000357. The number of carbonyl (C=O) groups is 1. The monoisotopic (exact) mass is 643 g/mol. The van der Waals surface area contributed by atoms with Gasteiger partial charge in [0.2, 0.25) is 12.5 Å². The lowest BCUT2D eigenvalue weighted by Crippen LogP contribution is -2.57. The molecule has 1 saturated heterocycles. The van der Waals surface area contributed by atoms with Crippen molar-refractivity contribution < 1.29 is 62.4 Å². The number of alkyl halides is 2. The molecule has 6 atom stereocenters. The van der Waals surface area contributed by atoms with E-state index < -0.39 is 56.0 Å². The van der Waals surface area contributed by atoms with Gasteiger partial charge in [-0.15, -0.1) is 0 Å². The number of nitrogens with one attached hydrogen (secondary N) is 1. The summed E-state index contributed by atoms with van der Waals surface area (Å²) >= 11 is 0. The van der Waals surface area contributed by atoms with Crippen LogP contribution in [-0.4, -0.2) is 98.0 Å². The molecule has 5 N–H and O–H groups in total. The van der Waals surface area contributed by atoms with Gasteiger partial charge in [0.25, 0.3) is 12.4 Å². The Bertz CT molecular complexity index is 1210. The Hall–Kier alpha value is -3.43. The number of aromatic hydroxyl groups is 1. The number of aliphatic hydroxyl groups is 3. The second-order valence-electron chi connectivity index (χ2n) is 10.4. The maximum atomic E-state index is 15.1. The first-order chi connectivity index (χ1) is 21.6. The molecule has 14 heteroatoms. The predicted octanol–water partition coefficient (Wildman–Crippen LogP) is 2.72. The molecule has 252 valence electrons. The van der Waals surface area contributed by atoms with Crippen molar-refractivity contribution in [3.63, 3.8) is 0 Å². The molecule has 12 nitrogen and oxygen atoms in total. The van der Waals surface area contributed by atoms with Crippen LogP contribution < -0.4 is 24.3 Å². The zero-order valence-electron chi connectivity index (χ0n) is 25.8. The normalized spacial score (nSPS) is 25.0. The van der Waals surface area contributed by atoms with Crippen molar-refractivity contribution in [3.05, 3.63) is 41.5 Å². The minimum Gasteiger partial charge on any atom is -0.502 e. The van der Waals surface area contributed by atoms with Crippen molar-refractivity contribution >= 4 is 6.47 Å². The van der Waals surface area contributed by atoms with Crippen LogP contribution in [-0.2, 0) is 20.7 Å². The number of ether oxygens (including phenoxy) is 6. The first-order valence-electron chi connectivity index (χ1n) is 14.7. The summed E-state index contributed by atoms with van der Waals surface area (Å²) in [6.07, 6.45) is -5.03. The molecular formula is C31H43F2NO11. The maximum Gasteiger partial charge on any atom is 0.293 e. The van der Waals surface area contributed by atoms with Crippen molar-refractivity contribution in [2.75, 3.05) is 40.8 Å². The number of rotatable bonds is 10. The molecule has 0 radical (unpaired) electrons. The van der Waals surface area contributed by atoms with E-state index in [2.05, 4.69) is 5.32 Å². The van der Waals surface area contributed by atoms with Crippen LogP contribution in [0.25, 0.3) is 0 Å². The quantitative estimate of drug-likeness (QED) is 0.241. The number of aliphatic hydroxyl groups excluding tert-OH is 3. The summed E-state index contributed by atoms with van der Waals surface area (Å²) < 4.78 is 60.8. The van der Waals surface area contributed by atoms with Crippen LogP contribution in [0.5, 0.6) is 28.7 Å². The van der Waals surface area contributed by atoms with Gasteiger partial charge in [-0.3, -0.25) is 4.79 Å². The van der Waals surface area contributed by atoms with Gasteiger partial charge in [0.1, 0.15) is 18.3 Å². The molecule has 0 amide bonds. The van der Waals surface area contributed by atoms with Gasteiger partial charge in [0.05, 0.1) is 40.1 Å². The SMILES string of the molecule is CC.COc1cccc(OC)c1O.O=COCC1CCc2cc3c(cc2C1NCC(F)(F)C1CC(O)[C@H](O)C(CO)O1)OCO3. The number of halogens is 2. The maximum absolute atomic E-state index is 15.1. The molecule has 2 aromatic rings. The Morgan fingerprint density at radius 2 is 1.73 bits per heavy atom. The lowest BCUT2D eigenvalue weighted by molar-refractivity contribution is -0.237. The number of aryl methyl sites for hydroxylation is 1. The molecule has 0 aromatic heterocycles. The second-order valence-corrected chi connectivity index (χ2v) is 10.4. The number of fused-ring (bicyclic) bond motifs is 2. The van der Waals surface area contributed by atoms with Crippen molar-refractivity contribution in [1.82, 2.24) is 5.32 Å². The van der Waals surface area contributed by atoms with Crippen LogP contribution in [0, 0.1) is 5.92 Å². The number of para-hydroxylation sites is 1. The lowest BCUT2D eigenvalue weighted by atomic mass is 9.79. The fraction of sp³-hybridized carbons (Fsp3) is 0.581. The number of methoxy groups -OCH3 is 2. The third-order valence-corrected chi connectivity index (χ3v) is 7.78. The molecule has 2 aliphatic heterocycles. The first kappa shape index (κ1) is 36.0. The lowest BCUT2D eigenvalue weighted by Gasteiger charge is -2.40. The van der Waals surface area contributed by atoms with E-state index >= 15 is 8.78 Å². The van der Waals surface area contributed by atoms with Crippen LogP contribution in [0.15, 0.2) is 30.3 Å². The molecule has 0 spiro atoms. The van der Waals surface area contributed by atoms with Gasteiger partial charge < -0.3 is 54.2 Å². The summed E-state index contributed by atoms with van der Waals surface area (Å²) in [5.41, 5.74) is 1.70. The molecule has 5 rings (SSSR count). The number of hydrogen-bond donors (Lipinski definition) is 5. The highest BCUT2D eigenvalue weighted by Crippen LogP contribution is 2.43. The van der Waals surface area contributed by atoms with E-state index in [1.54, 1.807) is 24.3 Å². The van der Waals surface area contributed by atoms with E-state index in [1.807, 2.05) is 19.9 Å². The van der Waals surface area contributed by atoms with Crippen molar-refractivity contribution in [3.8, 4) is 28.7 Å². The van der Waals surface area contributed by atoms with E-state index in [9.17, 15) is 25.2 Å². The van der Waals surface area contributed by atoms with E-state index in [-0.39, 0.29) is 25.1 Å². The van der Waals surface area contributed by atoms with E-state index in [4.69, 9.17) is 28.4 Å². The second kappa shape index (κ2) is 16.8. The number of carbonyl (C=O) groups excluding carboxylic acids is 1. The van der Waals surface area contributed by atoms with Crippen LogP contribution >= 0.6 is 0 Å². The highest BCUT2D eigenvalue weighted by Gasteiger charge is 2.49. The van der Waals surface area contributed by atoms with Gasteiger partial charge in [-0.05, 0) is 48.2 Å². The summed E-state index contributed by atoms with van der Waals surface area (Å²) in [5.74, 6) is -1.63. The zero-order chi connectivity index (χ0) is 33.1. The fourth-order valence-corrected chi connectivity index (χ4v) is 5.45. The highest BCUT2D eigenvalue weighted by atomic mass is 19.3. The van der Waals surface area contributed by atoms with E-state index in [0.717, 1.165) is 11.1 Å². The van der Waals surface area contributed by atoms with Crippen LogP contribution in [0.2, 0.25) is 0 Å². The Kier molecular flexibility index (Phi) is 13.4. The number of phenols is 1. The Morgan fingerprint density at radius 3 is 2.33 bits per heavy atom. The smallest absolute Gasteiger partial charge is 0.293 e. The van der Waals surface area contributed by atoms with Gasteiger partial charge in [-0.25, -0.2) is 8.78 Å². The largest absolute Gasteiger partial charge is 0.502 e. The third-order valence-electron chi connectivity index (χ3n) is 7.78. The summed E-state index contributed by atoms with van der Waals surface area (Å²) in [5, 5.41) is 41.2. The molecule has 2 heterocycles. The molecule has 1 fully saturated rings. The van der Waals surface area contributed by atoms with Crippen molar-refractivity contribution in [2.24, 2.45) is 5.92 Å². The molecule has 2 aromatic carbocycles. The van der Waals surface area contributed by atoms with Crippen LogP contribution in [0.1, 0.15) is 43.9 Å². The van der Waals surface area contributed by atoms with E-state index in [1.165, 1.54) is 14.2 Å². The van der Waals surface area contributed by atoms with Gasteiger partial charge in [0, 0.05) is 18.4 Å². The minimum absolute atomic E-state index is 0.0394. The van der Waals surface area contributed by atoms with Gasteiger partial charge >= 0.3 is 0 Å². The average molecular weight is 644 g/mol. The van der Waals surface area contributed by atoms with E-state index in [0.29, 0.717) is 42.3 Å². The third kappa shape index (κ3) is 8.64. The van der Waals surface area contributed by atoms with Crippen LogP contribution in [0.3, 0.4) is 0 Å². The molecular weight excluding hydrogens is 600 g/mol. The standard InChI is InChI=1S/C21H27F2NO8.C8H10O3.C2H6/c22-21(23,18-5-14(27)20(28)17(6-25)32-18)8-24-19-12(7-29-9-26)2-1-11-3-15-16(4-13(11)19)31-10-30-15;1-10-6-4-3-5-7(11-2)8(6)9;1-2/h3-4,9,12,14,17-20,24-25,27-28H,1-2,5-8,10H2;3-5,9H,1-2H3;1-2H3/t12?,14?,17?,18?,19?,20-;;/m0../s1. The Labute approximate surface area is 260 Å². The summed E-state index contributed by atoms with van der Waals surface area (Å²) in [6, 6.07) is 8.13. The van der Waals surface area contributed by atoms with Crippen molar-refractivity contribution in [2.45, 2.75) is 69.5 Å². The van der Waals surface area contributed by atoms with Gasteiger partial charge in [-0.1, -0.05) is 19.9 Å². The molecule has 45 heavy (non-hydrogen) atoms. The number of phenolic OH excluding ortho intramolecular Hbond substituents is 1. The minimum atomic E-state index is -3.40. The fourth-order valence-electron chi connectivity index (χ4n) is 5.45. The average Bonchev–Trinajstić information content (AvgIpc) is 3.52.